The lowest BCUT2D eigenvalue weighted by Crippen LogP contribution is -2.06. The van der Waals surface area contributed by atoms with E-state index in [0.29, 0.717) is 6.42 Å². The molecule has 0 heterocycles. The van der Waals surface area contributed by atoms with Gasteiger partial charge in [0.05, 0.1) is 0 Å². The van der Waals surface area contributed by atoms with Gasteiger partial charge in [0.25, 0.3) is 0 Å². The van der Waals surface area contributed by atoms with Gasteiger partial charge in [-0.2, -0.15) is 0 Å². The molecule has 0 aromatic carbocycles. The summed E-state index contributed by atoms with van der Waals surface area (Å²) >= 11 is 0. The average molecular weight is 86.1 g/mol. The van der Waals surface area contributed by atoms with Crippen LogP contribution < -0.4 is 5.32 Å². The van der Waals surface area contributed by atoms with Gasteiger partial charge in [0.15, 0.2) is 0 Å². The van der Waals surface area contributed by atoms with Crippen molar-refractivity contribution in [3.8, 4) is 0 Å². The van der Waals surface area contributed by atoms with Crippen LogP contribution in [0.4, 0.5) is 0 Å². The topological polar surface area (TPSA) is 31.2 Å². The zero-order valence-electron chi connectivity index (χ0n) is 4.06. The van der Waals surface area contributed by atoms with E-state index in [-0.39, 0.29) is 5.91 Å². The molecule has 35 valence electrons. The lowest BCUT2D eigenvalue weighted by molar-refractivity contribution is -0.120. The number of hydrogen-bond donors (Lipinski definition) is 0. The molecule has 2 nitrogen and oxygen atoms in total. The standard InChI is InChI=1S/C4H8NO/c1-3-4(6)5-2/h3H2,1-2H3. The summed E-state index contributed by atoms with van der Waals surface area (Å²) in [5.74, 6) is -0.0324. The number of amides is 1. The fourth-order valence-corrected chi connectivity index (χ4v) is 0.158. The van der Waals surface area contributed by atoms with Crippen molar-refractivity contribution >= 4 is 5.91 Å². The second kappa shape index (κ2) is 2.69. The third kappa shape index (κ3) is 1.76. The van der Waals surface area contributed by atoms with Gasteiger partial charge >= 0.3 is 0 Å². The Morgan fingerprint density at radius 3 is 2.33 bits per heavy atom. The van der Waals surface area contributed by atoms with E-state index in [4.69, 9.17) is 0 Å². The fourth-order valence-electron chi connectivity index (χ4n) is 0.158. The minimum absolute atomic E-state index is 0.0324. The maximum atomic E-state index is 10.0. The van der Waals surface area contributed by atoms with Gasteiger partial charge in [-0.1, -0.05) is 6.92 Å². The quantitative estimate of drug-likeness (QED) is 0.447. The van der Waals surface area contributed by atoms with E-state index in [2.05, 4.69) is 5.32 Å². The molecule has 0 unspecified atom stereocenters. The van der Waals surface area contributed by atoms with E-state index in [0.717, 1.165) is 0 Å². The van der Waals surface area contributed by atoms with Crippen LogP contribution in [-0.4, -0.2) is 13.0 Å². The van der Waals surface area contributed by atoms with E-state index in [9.17, 15) is 4.79 Å². The van der Waals surface area contributed by atoms with E-state index in [1.165, 1.54) is 7.05 Å². The van der Waals surface area contributed by atoms with Crippen molar-refractivity contribution in [2.45, 2.75) is 13.3 Å². The Morgan fingerprint density at radius 1 is 1.83 bits per heavy atom. The molecule has 0 fully saturated rings. The highest BCUT2D eigenvalue weighted by atomic mass is 16.1. The molecular formula is C4H8NO. The minimum Gasteiger partial charge on any atom is -0.273 e. The van der Waals surface area contributed by atoms with Crippen molar-refractivity contribution in [2.75, 3.05) is 7.05 Å². The molecule has 0 aliphatic carbocycles. The molecule has 0 aromatic rings. The lowest BCUT2D eigenvalue weighted by Gasteiger charge is -1.83. The molecule has 1 amide bonds. The first kappa shape index (κ1) is 5.47. The summed E-state index contributed by atoms with van der Waals surface area (Å²) in [6.07, 6.45) is 0.524. The van der Waals surface area contributed by atoms with Crippen LogP contribution in [0.3, 0.4) is 0 Å². The number of rotatable bonds is 1. The van der Waals surface area contributed by atoms with Gasteiger partial charge in [-0.05, 0) is 0 Å². The maximum Gasteiger partial charge on any atom is 0.240 e. The monoisotopic (exact) mass is 86.1 g/mol. The van der Waals surface area contributed by atoms with Crippen molar-refractivity contribution in [2.24, 2.45) is 0 Å². The van der Waals surface area contributed by atoms with Crippen LogP contribution >= 0.6 is 0 Å². The molecule has 2 heteroatoms. The Labute approximate surface area is 37.5 Å². The van der Waals surface area contributed by atoms with Crippen molar-refractivity contribution in [1.29, 1.82) is 0 Å². The second-order valence-electron chi connectivity index (χ2n) is 0.971. The van der Waals surface area contributed by atoms with Gasteiger partial charge in [0.2, 0.25) is 5.91 Å². The molecule has 0 aliphatic rings. The van der Waals surface area contributed by atoms with Gasteiger partial charge in [-0.15, -0.1) is 0 Å². The summed E-state index contributed by atoms with van der Waals surface area (Å²) in [5.41, 5.74) is 0. The van der Waals surface area contributed by atoms with Gasteiger partial charge < -0.3 is 0 Å². The smallest absolute Gasteiger partial charge is 0.240 e. The Balaban J connectivity index is 2.99. The molecular weight excluding hydrogens is 78.0 g/mol. The Bertz CT molecular complexity index is 45.5. The summed E-state index contributed by atoms with van der Waals surface area (Å²) < 4.78 is 0. The summed E-state index contributed by atoms with van der Waals surface area (Å²) in [6.45, 7) is 1.79. The Hall–Kier alpha value is -0.530. The van der Waals surface area contributed by atoms with Crippen LogP contribution in [0.5, 0.6) is 0 Å². The second-order valence-corrected chi connectivity index (χ2v) is 0.971. The molecule has 6 heavy (non-hydrogen) atoms. The number of hydrogen-bond acceptors (Lipinski definition) is 1. The van der Waals surface area contributed by atoms with E-state index < -0.39 is 0 Å². The molecule has 0 aromatic heterocycles. The first-order valence-electron chi connectivity index (χ1n) is 1.94. The first-order chi connectivity index (χ1) is 2.81. The minimum atomic E-state index is -0.0324. The van der Waals surface area contributed by atoms with Gasteiger partial charge in [-0.3, -0.25) is 10.1 Å². The normalized spacial score (nSPS) is 7.67. The summed E-state index contributed by atoms with van der Waals surface area (Å²) in [6, 6.07) is 0. The Kier molecular flexibility index (Phi) is 2.46. The molecule has 0 bridgehead atoms. The molecule has 0 saturated carbocycles. The van der Waals surface area contributed by atoms with Crippen molar-refractivity contribution in [3.63, 3.8) is 0 Å². The van der Waals surface area contributed by atoms with Crippen molar-refractivity contribution in [3.05, 3.63) is 0 Å². The number of nitrogens with zero attached hydrogens (tertiary/aromatic N) is 1. The van der Waals surface area contributed by atoms with Crippen LogP contribution in [0.2, 0.25) is 0 Å². The third-order valence-corrected chi connectivity index (χ3v) is 0.552. The highest BCUT2D eigenvalue weighted by Crippen LogP contribution is 1.70. The lowest BCUT2D eigenvalue weighted by atomic mass is 10.5. The van der Waals surface area contributed by atoms with Crippen LogP contribution in [0.25, 0.3) is 0 Å². The summed E-state index contributed by atoms with van der Waals surface area (Å²) in [7, 11) is 1.51. The summed E-state index contributed by atoms with van der Waals surface area (Å²) in [4.78, 5) is 10.0. The van der Waals surface area contributed by atoms with Gasteiger partial charge in [0, 0.05) is 13.5 Å². The molecule has 0 rings (SSSR count). The number of carbonyl (C=O) groups excluding carboxylic acids is 1. The number of carbonyl (C=O) groups is 1. The average Bonchev–Trinajstić information content (AvgIpc) is 1.65. The summed E-state index contributed by atoms with van der Waals surface area (Å²) in [5, 5.41) is 3.37. The predicted molar refractivity (Wildman–Crippen MR) is 23.4 cm³/mol. The maximum absolute atomic E-state index is 10.0. The first-order valence-corrected chi connectivity index (χ1v) is 1.94. The van der Waals surface area contributed by atoms with E-state index >= 15 is 0 Å². The van der Waals surface area contributed by atoms with Crippen molar-refractivity contribution < 1.29 is 4.79 Å². The van der Waals surface area contributed by atoms with Crippen molar-refractivity contribution in [1.82, 2.24) is 5.32 Å². The van der Waals surface area contributed by atoms with E-state index in [1.807, 2.05) is 0 Å². The predicted octanol–water partition coefficient (Wildman–Crippen LogP) is 0.157. The molecule has 0 aliphatic heterocycles. The molecule has 0 N–H and O–H groups in total. The van der Waals surface area contributed by atoms with Gasteiger partial charge in [-0.25, -0.2) is 0 Å². The molecule has 0 atom stereocenters. The molecule has 0 saturated heterocycles. The van der Waals surface area contributed by atoms with Crippen LogP contribution in [0.1, 0.15) is 13.3 Å². The van der Waals surface area contributed by atoms with Crippen LogP contribution in [0.15, 0.2) is 0 Å². The van der Waals surface area contributed by atoms with Crippen LogP contribution in [0, 0.1) is 0 Å². The highest BCUT2D eigenvalue weighted by Gasteiger charge is 1.87. The van der Waals surface area contributed by atoms with E-state index in [1.54, 1.807) is 6.92 Å². The zero-order valence-corrected chi connectivity index (χ0v) is 4.06. The zero-order chi connectivity index (χ0) is 4.99. The fraction of sp³-hybridized carbons (Fsp3) is 0.750. The molecule has 0 spiro atoms. The Morgan fingerprint density at radius 2 is 2.33 bits per heavy atom. The largest absolute Gasteiger partial charge is 0.273 e. The molecule has 1 radical (unpaired) electrons. The van der Waals surface area contributed by atoms with Gasteiger partial charge in [0.1, 0.15) is 0 Å². The highest BCUT2D eigenvalue weighted by molar-refractivity contribution is 5.74. The SMILES string of the molecule is CCC(=O)[N]C. The third-order valence-electron chi connectivity index (χ3n) is 0.552. The van der Waals surface area contributed by atoms with Crippen LogP contribution in [-0.2, 0) is 4.79 Å².